The molecule has 166 valence electrons. The minimum absolute atomic E-state index is 0.123. The van der Waals surface area contributed by atoms with Crippen LogP contribution in [0, 0.1) is 13.8 Å². The van der Waals surface area contributed by atoms with Crippen LogP contribution in [-0.4, -0.2) is 30.2 Å². The molecule has 2 aromatic rings. The SMILES string of the molecule is CCOP(=O)(OCC)OCOc1cc(C)c(Cc2cc(C(C)C)c(=O)[nH]n2)c(C)c1. The van der Waals surface area contributed by atoms with Crippen LogP contribution in [0.1, 0.15) is 61.6 Å². The second-order valence-corrected chi connectivity index (χ2v) is 8.85. The number of hydrogen-bond acceptors (Lipinski definition) is 7. The van der Waals surface area contributed by atoms with Gasteiger partial charge in [0.2, 0.25) is 0 Å². The maximum Gasteiger partial charge on any atom is 0.477 e. The summed E-state index contributed by atoms with van der Waals surface area (Å²) in [6, 6.07) is 5.62. The molecule has 0 unspecified atom stereocenters. The van der Waals surface area contributed by atoms with Gasteiger partial charge in [0.25, 0.3) is 5.56 Å². The number of phosphoric ester groups is 1. The Labute approximate surface area is 177 Å². The zero-order valence-electron chi connectivity index (χ0n) is 18.5. The summed E-state index contributed by atoms with van der Waals surface area (Å²) in [7, 11) is -3.61. The summed E-state index contributed by atoms with van der Waals surface area (Å²) >= 11 is 0. The molecule has 0 aliphatic carbocycles. The third-order valence-electron chi connectivity index (χ3n) is 4.55. The number of ether oxygens (including phenoxy) is 1. The smallest absolute Gasteiger partial charge is 0.467 e. The second kappa shape index (κ2) is 10.9. The van der Waals surface area contributed by atoms with E-state index in [0.717, 1.165) is 27.9 Å². The van der Waals surface area contributed by atoms with Gasteiger partial charge in [0, 0.05) is 12.0 Å². The highest BCUT2D eigenvalue weighted by atomic mass is 31.2. The van der Waals surface area contributed by atoms with Crippen molar-refractivity contribution in [3.8, 4) is 5.75 Å². The van der Waals surface area contributed by atoms with Crippen molar-refractivity contribution in [1.82, 2.24) is 10.2 Å². The van der Waals surface area contributed by atoms with Gasteiger partial charge in [0.1, 0.15) is 5.75 Å². The first-order valence-electron chi connectivity index (χ1n) is 10.0. The number of rotatable bonds is 11. The molecule has 0 amide bonds. The number of aryl methyl sites for hydroxylation is 2. The van der Waals surface area contributed by atoms with E-state index in [9.17, 15) is 9.36 Å². The van der Waals surface area contributed by atoms with Crippen LogP contribution in [0.3, 0.4) is 0 Å². The van der Waals surface area contributed by atoms with Gasteiger partial charge in [-0.2, -0.15) is 5.10 Å². The van der Waals surface area contributed by atoms with Gasteiger partial charge in [-0.15, -0.1) is 0 Å². The zero-order chi connectivity index (χ0) is 22.3. The van der Waals surface area contributed by atoms with Crippen LogP contribution in [0.25, 0.3) is 0 Å². The minimum Gasteiger partial charge on any atom is -0.467 e. The van der Waals surface area contributed by atoms with Crippen molar-refractivity contribution in [3.05, 3.63) is 56.5 Å². The average molecular weight is 438 g/mol. The Kier molecular flexibility index (Phi) is 8.79. The summed E-state index contributed by atoms with van der Waals surface area (Å²) in [5.74, 6) is 0.711. The predicted octanol–water partition coefficient (Wildman–Crippen LogP) is 4.63. The Morgan fingerprint density at radius 2 is 1.63 bits per heavy atom. The molecule has 1 aromatic carbocycles. The quantitative estimate of drug-likeness (QED) is 0.403. The van der Waals surface area contributed by atoms with Crippen LogP contribution in [0.5, 0.6) is 5.75 Å². The molecule has 0 fully saturated rings. The molecule has 8 nitrogen and oxygen atoms in total. The van der Waals surface area contributed by atoms with Crippen LogP contribution in [0.2, 0.25) is 0 Å². The van der Waals surface area contributed by atoms with Crippen LogP contribution >= 0.6 is 7.82 Å². The maximum absolute atomic E-state index is 12.3. The van der Waals surface area contributed by atoms with E-state index in [0.29, 0.717) is 12.2 Å². The molecule has 30 heavy (non-hydrogen) atoms. The fourth-order valence-corrected chi connectivity index (χ4v) is 4.11. The van der Waals surface area contributed by atoms with Gasteiger partial charge < -0.3 is 4.74 Å². The summed E-state index contributed by atoms with van der Waals surface area (Å²) in [5.41, 5.74) is 4.51. The standard InChI is InChI=1S/C21H31N2O6P/c1-7-27-30(25,28-8-2)29-13-26-18-9-15(5)20(16(6)10-18)12-17-11-19(14(3)4)21(24)23-22-17/h9-11,14H,7-8,12-13H2,1-6H3,(H,23,24). The number of nitrogens with one attached hydrogen (secondary N) is 1. The van der Waals surface area contributed by atoms with Crippen molar-refractivity contribution < 1.29 is 22.9 Å². The van der Waals surface area contributed by atoms with Crippen LogP contribution in [-0.2, 0) is 24.6 Å². The molecule has 0 saturated carbocycles. The van der Waals surface area contributed by atoms with Crippen LogP contribution < -0.4 is 10.3 Å². The van der Waals surface area contributed by atoms with Crippen molar-refractivity contribution >= 4 is 7.82 Å². The first-order valence-corrected chi connectivity index (χ1v) is 11.5. The first-order chi connectivity index (χ1) is 14.2. The van der Waals surface area contributed by atoms with Gasteiger partial charge >= 0.3 is 7.82 Å². The highest BCUT2D eigenvalue weighted by Gasteiger charge is 2.25. The van der Waals surface area contributed by atoms with Gasteiger partial charge in [-0.1, -0.05) is 13.8 Å². The number of phosphoric acid groups is 1. The third kappa shape index (κ3) is 6.51. The largest absolute Gasteiger partial charge is 0.477 e. The van der Waals surface area contributed by atoms with Crippen molar-refractivity contribution in [3.63, 3.8) is 0 Å². The van der Waals surface area contributed by atoms with E-state index in [1.54, 1.807) is 13.8 Å². The molecule has 1 aromatic heterocycles. The van der Waals surface area contributed by atoms with E-state index in [1.165, 1.54) is 0 Å². The molecule has 1 heterocycles. The van der Waals surface area contributed by atoms with E-state index in [1.807, 2.05) is 45.9 Å². The summed E-state index contributed by atoms with van der Waals surface area (Å²) in [4.78, 5) is 11.9. The Bertz CT molecular complexity index is 924. The van der Waals surface area contributed by atoms with E-state index in [4.69, 9.17) is 18.3 Å². The molecule has 9 heteroatoms. The number of H-pyrrole nitrogens is 1. The second-order valence-electron chi connectivity index (χ2n) is 7.18. The Balaban J connectivity index is 2.11. The van der Waals surface area contributed by atoms with Crippen molar-refractivity contribution in [2.45, 2.75) is 53.9 Å². The molecule has 0 atom stereocenters. The topological polar surface area (TPSA) is 99.7 Å². The lowest BCUT2D eigenvalue weighted by molar-refractivity contribution is 0.0538. The molecule has 0 saturated heterocycles. The highest BCUT2D eigenvalue weighted by Crippen LogP contribution is 2.49. The Hall–Kier alpha value is -1.99. The fraction of sp³-hybridized carbons (Fsp3) is 0.524. The zero-order valence-corrected chi connectivity index (χ0v) is 19.4. The summed E-state index contributed by atoms with van der Waals surface area (Å²) in [6.07, 6.45) is 0.592. The van der Waals surface area contributed by atoms with E-state index < -0.39 is 7.82 Å². The number of benzene rings is 1. The minimum atomic E-state index is -3.61. The maximum atomic E-state index is 12.3. The molecule has 0 bridgehead atoms. The van der Waals surface area contributed by atoms with Gasteiger partial charge in [0.05, 0.1) is 18.9 Å². The summed E-state index contributed by atoms with van der Waals surface area (Å²) < 4.78 is 33.3. The van der Waals surface area contributed by atoms with E-state index >= 15 is 0 Å². The Morgan fingerprint density at radius 3 is 2.17 bits per heavy atom. The van der Waals surface area contributed by atoms with Gasteiger partial charge in [0.15, 0.2) is 6.79 Å². The van der Waals surface area contributed by atoms with E-state index in [-0.39, 0.29) is 31.5 Å². The summed E-state index contributed by atoms with van der Waals surface area (Å²) in [5, 5.41) is 6.77. The molecular weight excluding hydrogens is 407 g/mol. The molecule has 0 aliphatic rings. The molecule has 0 spiro atoms. The molecular formula is C21H31N2O6P. The fourth-order valence-electron chi connectivity index (χ4n) is 3.07. The molecule has 0 radical (unpaired) electrons. The number of hydrogen-bond donors (Lipinski definition) is 1. The third-order valence-corrected chi connectivity index (χ3v) is 6.12. The predicted molar refractivity (Wildman–Crippen MR) is 115 cm³/mol. The lowest BCUT2D eigenvalue weighted by Crippen LogP contribution is -2.17. The highest BCUT2D eigenvalue weighted by molar-refractivity contribution is 7.48. The normalized spacial score (nSPS) is 11.8. The monoisotopic (exact) mass is 438 g/mol. The number of aromatic amines is 1. The van der Waals surface area contributed by atoms with Crippen LogP contribution in [0.15, 0.2) is 23.0 Å². The molecule has 1 N–H and O–H groups in total. The van der Waals surface area contributed by atoms with Gasteiger partial charge in [-0.3, -0.25) is 13.8 Å². The van der Waals surface area contributed by atoms with Gasteiger partial charge in [-0.05, 0) is 68.5 Å². The van der Waals surface area contributed by atoms with Gasteiger partial charge in [-0.25, -0.2) is 14.2 Å². The Morgan fingerprint density at radius 1 is 1.03 bits per heavy atom. The average Bonchev–Trinajstić information content (AvgIpc) is 2.66. The molecule has 2 rings (SSSR count). The lowest BCUT2D eigenvalue weighted by atomic mass is 9.96. The number of nitrogens with zero attached hydrogens (tertiary/aromatic N) is 1. The van der Waals surface area contributed by atoms with Crippen molar-refractivity contribution in [2.75, 3.05) is 20.0 Å². The lowest BCUT2D eigenvalue weighted by Gasteiger charge is -2.17. The molecule has 0 aliphatic heterocycles. The van der Waals surface area contributed by atoms with E-state index in [2.05, 4.69) is 10.2 Å². The van der Waals surface area contributed by atoms with Crippen LogP contribution in [0.4, 0.5) is 0 Å². The van der Waals surface area contributed by atoms with Crippen molar-refractivity contribution in [1.29, 1.82) is 0 Å². The first kappa shape index (κ1) is 24.3. The summed E-state index contributed by atoms with van der Waals surface area (Å²) in [6.45, 7) is 11.5. The number of aromatic nitrogens is 2. The van der Waals surface area contributed by atoms with Crippen molar-refractivity contribution in [2.24, 2.45) is 0 Å².